The molecule has 0 fully saturated rings. The Bertz CT molecular complexity index is 923. The van der Waals surface area contributed by atoms with Gasteiger partial charge in [-0.25, -0.2) is 8.42 Å². The number of anilines is 1. The van der Waals surface area contributed by atoms with E-state index in [0.717, 1.165) is 15.4 Å². The smallest absolute Gasteiger partial charge is 0.321 e. The van der Waals surface area contributed by atoms with Crippen molar-refractivity contribution in [2.75, 3.05) is 18.9 Å². The minimum Gasteiger partial charge on any atom is -0.460 e. The van der Waals surface area contributed by atoms with Crippen LogP contribution in [0.25, 0.3) is 0 Å². The summed E-state index contributed by atoms with van der Waals surface area (Å²) in [6.45, 7) is 2.98. The summed E-state index contributed by atoms with van der Waals surface area (Å²) in [5.41, 5.74) is 2.37. The van der Waals surface area contributed by atoms with E-state index >= 15 is 0 Å². The lowest BCUT2D eigenvalue weighted by molar-refractivity contribution is -0.144. The number of nitrogens with one attached hydrogen (secondary N) is 1. The van der Waals surface area contributed by atoms with Crippen LogP contribution in [0.4, 0.5) is 5.69 Å². The molecule has 1 amide bonds. The molecular weight excluding hydrogens is 368 g/mol. The summed E-state index contributed by atoms with van der Waals surface area (Å²) in [5.74, 6) is -0.892. The first kappa shape index (κ1) is 20.6. The van der Waals surface area contributed by atoms with Gasteiger partial charge in [0.15, 0.2) is 0 Å². The van der Waals surface area contributed by atoms with E-state index in [1.165, 1.54) is 38.2 Å². The molecule has 0 aliphatic heterocycles. The van der Waals surface area contributed by atoms with Crippen LogP contribution in [0.5, 0.6) is 0 Å². The number of aryl methyl sites for hydroxylation is 1. The van der Waals surface area contributed by atoms with Gasteiger partial charge in [0.05, 0.1) is 4.90 Å². The highest BCUT2D eigenvalue weighted by Crippen LogP contribution is 2.17. The first-order chi connectivity index (χ1) is 12.7. The van der Waals surface area contributed by atoms with Crippen molar-refractivity contribution in [2.24, 2.45) is 0 Å². The zero-order chi connectivity index (χ0) is 20.0. The van der Waals surface area contributed by atoms with E-state index in [1.807, 2.05) is 31.2 Å². The van der Waals surface area contributed by atoms with Crippen LogP contribution in [0.3, 0.4) is 0 Å². The third-order valence-corrected chi connectivity index (χ3v) is 5.53. The van der Waals surface area contributed by atoms with Crippen LogP contribution in [0.2, 0.25) is 0 Å². The molecule has 2 aromatic carbocycles. The molecule has 0 radical (unpaired) electrons. The molecule has 27 heavy (non-hydrogen) atoms. The summed E-state index contributed by atoms with van der Waals surface area (Å²) in [7, 11) is -2.54. The number of hydrogen-bond donors (Lipinski definition) is 1. The second-order valence-corrected chi connectivity index (χ2v) is 8.16. The highest BCUT2D eigenvalue weighted by Gasteiger charge is 2.23. The van der Waals surface area contributed by atoms with E-state index in [0.29, 0.717) is 5.69 Å². The topological polar surface area (TPSA) is 92.8 Å². The molecule has 2 rings (SSSR count). The Labute approximate surface area is 159 Å². The average Bonchev–Trinajstić information content (AvgIpc) is 2.60. The molecule has 0 aliphatic carbocycles. The van der Waals surface area contributed by atoms with Crippen LogP contribution in [0, 0.1) is 6.92 Å². The molecule has 1 N–H and O–H groups in total. The van der Waals surface area contributed by atoms with E-state index in [1.54, 1.807) is 0 Å². The van der Waals surface area contributed by atoms with Gasteiger partial charge < -0.3 is 10.1 Å². The Hall–Kier alpha value is -2.71. The average molecular weight is 390 g/mol. The molecule has 0 bridgehead atoms. The molecule has 0 aromatic heterocycles. The van der Waals surface area contributed by atoms with Gasteiger partial charge in [0.25, 0.3) is 0 Å². The summed E-state index contributed by atoms with van der Waals surface area (Å²) in [6.07, 6.45) is 0. The molecule has 2 aromatic rings. The number of amides is 1. The molecule has 144 valence electrons. The van der Waals surface area contributed by atoms with E-state index in [9.17, 15) is 18.0 Å². The lowest BCUT2D eigenvalue weighted by Gasteiger charge is -2.17. The van der Waals surface area contributed by atoms with Crippen molar-refractivity contribution in [3.63, 3.8) is 0 Å². The third-order valence-electron chi connectivity index (χ3n) is 3.72. The van der Waals surface area contributed by atoms with Crippen molar-refractivity contribution in [3.8, 4) is 0 Å². The molecule has 0 heterocycles. The Kier molecular flexibility index (Phi) is 6.70. The van der Waals surface area contributed by atoms with E-state index in [-0.39, 0.29) is 17.4 Å². The molecule has 7 nitrogen and oxygen atoms in total. The molecule has 0 unspecified atom stereocenters. The third kappa shape index (κ3) is 5.90. The number of carbonyl (C=O) groups excluding carboxylic acids is 2. The summed E-state index contributed by atoms with van der Waals surface area (Å²) in [6, 6.07) is 13.2. The standard InChI is InChI=1S/C19H22N2O5S/c1-14-5-4-6-16(11-14)13-26-19(23)12-21(3)27(24,25)18-9-7-17(8-10-18)20-15(2)22/h4-11H,12-13H2,1-3H3,(H,20,22). The van der Waals surface area contributed by atoms with Crippen LogP contribution in [0.1, 0.15) is 18.1 Å². The highest BCUT2D eigenvalue weighted by atomic mass is 32.2. The minimum atomic E-state index is -3.85. The molecular formula is C19H22N2O5S. The number of nitrogens with zero attached hydrogens (tertiary/aromatic N) is 1. The lowest BCUT2D eigenvalue weighted by Crippen LogP contribution is -2.33. The Morgan fingerprint density at radius 1 is 1.11 bits per heavy atom. The summed E-state index contributed by atoms with van der Waals surface area (Å²) in [5, 5.41) is 2.56. The fourth-order valence-electron chi connectivity index (χ4n) is 2.37. The number of likely N-dealkylation sites (N-methyl/N-ethyl adjacent to an activating group) is 1. The first-order valence-electron chi connectivity index (χ1n) is 8.23. The number of sulfonamides is 1. The number of benzene rings is 2. The van der Waals surface area contributed by atoms with Gasteiger partial charge in [0.1, 0.15) is 13.2 Å². The molecule has 8 heteroatoms. The Balaban J connectivity index is 1.97. The predicted molar refractivity (Wildman–Crippen MR) is 102 cm³/mol. The lowest BCUT2D eigenvalue weighted by atomic mass is 10.1. The quantitative estimate of drug-likeness (QED) is 0.733. The fourth-order valence-corrected chi connectivity index (χ4v) is 3.49. The Morgan fingerprint density at radius 2 is 1.78 bits per heavy atom. The number of hydrogen-bond acceptors (Lipinski definition) is 5. The minimum absolute atomic E-state index is 0.0191. The molecule has 0 saturated heterocycles. The van der Waals surface area contributed by atoms with Crippen LogP contribution in [0.15, 0.2) is 53.4 Å². The van der Waals surface area contributed by atoms with Gasteiger partial charge in [-0.05, 0) is 36.8 Å². The van der Waals surface area contributed by atoms with Gasteiger partial charge in [0, 0.05) is 19.7 Å². The molecule has 0 spiro atoms. The van der Waals surface area contributed by atoms with Crippen molar-refractivity contribution in [2.45, 2.75) is 25.3 Å². The zero-order valence-corrected chi connectivity index (χ0v) is 16.2. The van der Waals surface area contributed by atoms with Gasteiger partial charge in [-0.2, -0.15) is 4.31 Å². The normalized spacial score (nSPS) is 11.3. The monoisotopic (exact) mass is 390 g/mol. The summed E-state index contributed by atoms with van der Waals surface area (Å²) < 4.78 is 31.2. The predicted octanol–water partition coefficient (Wildman–Crippen LogP) is 2.32. The number of rotatable bonds is 7. The summed E-state index contributed by atoms with van der Waals surface area (Å²) >= 11 is 0. The van der Waals surface area contributed by atoms with Crippen LogP contribution < -0.4 is 5.32 Å². The number of carbonyl (C=O) groups is 2. The Morgan fingerprint density at radius 3 is 2.37 bits per heavy atom. The molecule has 0 saturated carbocycles. The fraction of sp³-hybridized carbons (Fsp3) is 0.263. The van der Waals surface area contributed by atoms with E-state index in [4.69, 9.17) is 4.74 Å². The maximum absolute atomic E-state index is 12.6. The molecule has 0 aliphatic rings. The van der Waals surface area contributed by atoms with Crippen molar-refractivity contribution in [3.05, 3.63) is 59.7 Å². The SMILES string of the molecule is CC(=O)Nc1ccc(S(=O)(=O)N(C)CC(=O)OCc2cccc(C)c2)cc1. The number of ether oxygens (including phenoxy) is 1. The highest BCUT2D eigenvalue weighted by molar-refractivity contribution is 7.89. The van der Waals surface area contributed by atoms with Crippen molar-refractivity contribution in [1.82, 2.24) is 4.31 Å². The zero-order valence-electron chi connectivity index (χ0n) is 15.4. The second kappa shape index (κ2) is 8.79. The van der Waals surface area contributed by atoms with E-state index < -0.39 is 22.5 Å². The molecule has 0 atom stereocenters. The van der Waals surface area contributed by atoms with Gasteiger partial charge in [-0.15, -0.1) is 0 Å². The first-order valence-corrected chi connectivity index (χ1v) is 9.67. The van der Waals surface area contributed by atoms with Crippen molar-refractivity contribution in [1.29, 1.82) is 0 Å². The van der Waals surface area contributed by atoms with Crippen molar-refractivity contribution < 1.29 is 22.7 Å². The van der Waals surface area contributed by atoms with Gasteiger partial charge in [0.2, 0.25) is 15.9 Å². The maximum Gasteiger partial charge on any atom is 0.321 e. The second-order valence-electron chi connectivity index (χ2n) is 6.12. The van der Waals surface area contributed by atoms with Gasteiger partial charge >= 0.3 is 5.97 Å². The van der Waals surface area contributed by atoms with Crippen LogP contribution >= 0.6 is 0 Å². The van der Waals surface area contributed by atoms with E-state index in [2.05, 4.69) is 5.32 Å². The van der Waals surface area contributed by atoms with Gasteiger partial charge in [-0.1, -0.05) is 29.8 Å². The van der Waals surface area contributed by atoms with Crippen LogP contribution in [-0.4, -0.2) is 38.2 Å². The van der Waals surface area contributed by atoms with Crippen molar-refractivity contribution >= 4 is 27.6 Å². The van der Waals surface area contributed by atoms with Gasteiger partial charge in [-0.3, -0.25) is 9.59 Å². The maximum atomic E-state index is 12.6. The van der Waals surface area contributed by atoms with Crippen LogP contribution in [-0.2, 0) is 31.0 Å². The largest absolute Gasteiger partial charge is 0.460 e. The summed E-state index contributed by atoms with van der Waals surface area (Å²) in [4.78, 5) is 23.0. The number of esters is 1.